The van der Waals surface area contributed by atoms with Crippen LogP contribution in [-0.4, -0.2) is 17.6 Å². The Bertz CT molecular complexity index is 427. The molecule has 86 valence electrons. The highest BCUT2D eigenvalue weighted by atomic mass is 19.1. The third kappa shape index (κ3) is 3.73. The number of hydrogen-bond acceptors (Lipinski definition) is 2. The Morgan fingerprint density at radius 1 is 1.56 bits per heavy atom. The van der Waals surface area contributed by atoms with Crippen molar-refractivity contribution in [3.05, 3.63) is 41.2 Å². The summed E-state index contributed by atoms with van der Waals surface area (Å²) in [4.78, 5) is 10.4. The summed E-state index contributed by atoms with van der Waals surface area (Å²) in [6.07, 6.45) is 1.12. The lowest BCUT2D eigenvalue weighted by atomic mass is 10.2. The van der Waals surface area contributed by atoms with Crippen molar-refractivity contribution in [3.63, 3.8) is 0 Å². The first-order chi connectivity index (χ1) is 7.49. The molecule has 0 amide bonds. The molecule has 0 aliphatic carbocycles. The van der Waals surface area contributed by atoms with Crippen LogP contribution in [0.15, 0.2) is 29.8 Å². The second-order valence-corrected chi connectivity index (χ2v) is 3.65. The fourth-order valence-corrected chi connectivity index (χ4v) is 1.21. The number of halogens is 1. The van der Waals surface area contributed by atoms with E-state index in [0.717, 1.165) is 6.08 Å². The van der Waals surface area contributed by atoms with Crippen LogP contribution in [0.5, 0.6) is 0 Å². The molecule has 4 heteroatoms. The molecule has 0 saturated heterocycles. The number of rotatable bonds is 4. The van der Waals surface area contributed by atoms with Gasteiger partial charge >= 0.3 is 5.97 Å². The summed E-state index contributed by atoms with van der Waals surface area (Å²) in [6, 6.07) is 4.82. The lowest BCUT2D eigenvalue weighted by Gasteiger charge is -2.07. The van der Waals surface area contributed by atoms with Crippen LogP contribution >= 0.6 is 0 Å². The fourth-order valence-electron chi connectivity index (χ4n) is 1.21. The molecule has 0 heterocycles. The molecule has 0 spiro atoms. The Morgan fingerprint density at radius 3 is 2.81 bits per heavy atom. The maximum absolute atomic E-state index is 13.2. The molecule has 0 aliphatic heterocycles. The highest BCUT2D eigenvalue weighted by molar-refractivity contribution is 5.80. The molecule has 1 aromatic rings. The predicted octanol–water partition coefficient (Wildman–Crippen LogP) is 2.58. The number of aliphatic carboxylic acids is 1. The van der Waals surface area contributed by atoms with Crippen molar-refractivity contribution in [3.8, 4) is 0 Å². The monoisotopic (exact) mass is 223 g/mol. The molecule has 16 heavy (non-hydrogen) atoms. The first kappa shape index (κ1) is 12.2. The average molecular weight is 223 g/mol. The second kappa shape index (κ2) is 5.30. The van der Waals surface area contributed by atoms with E-state index in [-0.39, 0.29) is 5.82 Å². The maximum Gasteiger partial charge on any atom is 0.328 e. The first-order valence-corrected chi connectivity index (χ1v) is 4.89. The molecule has 1 rings (SSSR count). The Kier molecular flexibility index (Phi) is 4.05. The van der Waals surface area contributed by atoms with Crippen LogP contribution in [0.2, 0.25) is 0 Å². The van der Waals surface area contributed by atoms with Gasteiger partial charge in [0, 0.05) is 18.3 Å². The molecular formula is C12H14FNO2. The Balaban J connectivity index is 2.61. The molecule has 0 unspecified atom stereocenters. The van der Waals surface area contributed by atoms with E-state index in [9.17, 15) is 9.18 Å². The van der Waals surface area contributed by atoms with E-state index in [2.05, 4.69) is 5.32 Å². The van der Waals surface area contributed by atoms with Gasteiger partial charge in [-0.2, -0.15) is 0 Å². The van der Waals surface area contributed by atoms with Crippen molar-refractivity contribution < 1.29 is 14.3 Å². The normalized spacial score (nSPS) is 11.3. The summed E-state index contributed by atoms with van der Waals surface area (Å²) in [7, 11) is 0. The Labute approximate surface area is 93.6 Å². The number of carbonyl (C=O) groups is 1. The van der Waals surface area contributed by atoms with E-state index >= 15 is 0 Å². The number of carboxylic acid groups (broad SMARTS) is 1. The lowest BCUT2D eigenvalue weighted by Crippen LogP contribution is -2.05. The maximum atomic E-state index is 13.2. The largest absolute Gasteiger partial charge is 0.478 e. The van der Waals surface area contributed by atoms with Crippen molar-refractivity contribution >= 4 is 11.7 Å². The van der Waals surface area contributed by atoms with Crippen molar-refractivity contribution in [1.29, 1.82) is 0 Å². The molecule has 0 bridgehead atoms. The Hall–Kier alpha value is -1.84. The molecule has 0 atom stereocenters. The van der Waals surface area contributed by atoms with Gasteiger partial charge in [-0.05, 0) is 37.1 Å². The van der Waals surface area contributed by atoms with Gasteiger partial charge in [-0.15, -0.1) is 0 Å². The topological polar surface area (TPSA) is 49.3 Å². The molecule has 1 aromatic carbocycles. The molecule has 3 nitrogen and oxygen atoms in total. The van der Waals surface area contributed by atoms with Crippen LogP contribution in [0.25, 0.3) is 0 Å². The molecule has 0 radical (unpaired) electrons. The van der Waals surface area contributed by atoms with Gasteiger partial charge in [0.1, 0.15) is 5.82 Å². The SMILES string of the molecule is C/C(=C/C(=O)O)CNc1ccc(C)c(F)c1. The zero-order chi connectivity index (χ0) is 12.1. The molecule has 0 aromatic heterocycles. The summed E-state index contributed by atoms with van der Waals surface area (Å²) in [5.74, 6) is -1.25. The smallest absolute Gasteiger partial charge is 0.328 e. The molecular weight excluding hydrogens is 209 g/mol. The van der Waals surface area contributed by atoms with Gasteiger partial charge in [0.05, 0.1) is 0 Å². The zero-order valence-electron chi connectivity index (χ0n) is 9.25. The standard InChI is InChI=1S/C12H14FNO2/c1-8(5-12(15)16)7-14-10-4-3-9(2)11(13)6-10/h3-6,14H,7H2,1-2H3,(H,15,16)/b8-5-. The number of benzene rings is 1. The van der Waals surface area contributed by atoms with Gasteiger partial charge in [-0.3, -0.25) is 0 Å². The van der Waals surface area contributed by atoms with Gasteiger partial charge in [-0.1, -0.05) is 6.07 Å². The van der Waals surface area contributed by atoms with Crippen molar-refractivity contribution in [2.24, 2.45) is 0 Å². The van der Waals surface area contributed by atoms with Crippen LogP contribution in [0.1, 0.15) is 12.5 Å². The quantitative estimate of drug-likeness (QED) is 0.771. The lowest BCUT2D eigenvalue weighted by molar-refractivity contribution is -0.131. The van der Waals surface area contributed by atoms with E-state index in [1.54, 1.807) is 26.0 Å². The van der Waals surface area contributed by atoms with Crippen LogP contribution < -0.4 is 5.32 Å². The molecule has 0 saturated carbocycles. The van der Waals surface area contributed by atoms with Gasteiger partial charge < -0.3 is 10.4 Å². The summed E-state index contributed by atoms with van der Waals surface area (Å²) < 4.78 is 13.2. The van der Waals surface area contributed by atoms with E-state index < -0.39 is 5.97 Å². The number of anilines is 1. The van der Waals surface area contributed by atoms with Gasteiger partial charge in [0.25, 0.3) is 0 Å². The third-order valence-electron chi connectivity index (χ3n) is 2.11. The minimum Gasteiger partial charge on any atom is -0.478 e. The highest BCUT2D eigenvalue weighted by Crippen LogP contribution is 2.13. The predicted molar refractivity (Wildman–Crippen MR) is 61.0 cm³/mol. The van der Waals surface area contributed by atoms with Crippen molar-refractivity contribution in [2.45, 2.75) is 13.8 Å². The van der Waals surface area contributed by atoms with Crippen LogP contribution in [0, 0.1) is 12.7 Å². The van der Waals surface area contributed by atoms with E-state index in [4.69, 9.17) is 5.11 Å². The number of carboxylic acids is 1. The minimum absolute atomic E-state index is 0.273. The van der Waals surface area contributed by atoms with Crippen LogP contribution in [0.4, 0.5) is 10.1 Å². The number of aryl methyl sites for hydroxylation is 1. The van der Waals surface area contributed by atoms with Crippen molar-refractivity contribution in [2.75, 3.05) is 11.9 Å². The van der Waals surface area contributed by atoms with Crippen molar-refractivity contribution in [1.82, 2.24) is 0 Å². The van der Waals surface area contributed by atoms with E-state index in [1.165, 1.54) is 6.07 Å². The zero-order valence-corrected chi connectivity index (χ0v) is 9.25. The summed E-state index contributed by atoms with van der Waals surface area (Å²) in [6.45, 7) is 3.77. The summed E-state index contributed by atoms with van der Waals surface area (Å²) in [5, 5.41) is 11.4. The van der Waals surface area contributed by atoms with Gasteiger partial charge in [0.2, 0.25) is 0 Å². The van der Waals surface area contributed by atoms with Gasteiger partial charge in [0.15, 0.2) is 0 Å². The van der Waals surface area contributed by atoms with Crippen LogP contribution in [-0.2, 0) is 4.79 Å². The third-order valence-corrected chi connectivity index (χ3v) is 2.11. The minimum atomic E-state index is -0.977. The fraction of sp³-hybridized carbons (Fsp3) is 0.250. The highest BCUT2D eigenvalue weighted by Gasteiger charge is 1.99. The molecule has 0 aliphatic rings. The number of hydrogen-bond donors (Lipinski definition) is 2. The summed E-state index contributed by atoms with van der Waals surface area (Å²) >= 11 is 0. The first-order valence-electron chi connectivity index (χ1n) is 4.89. The molecule has 0 fully saturated rings. The van der Waals surface area contributed by atoms with E-state index in [0.29, 0.717) is 23.4 Å². The van der Waals surface area contributed by atoms with Gasteiger partial charge in [-0.25, -0.2) is 9.18 Å². The number of nitrogens with one attached hydrogen (secondary N) is 1. The Morgan fingerprint density at radius 2 is 2.25 bits per heavy atom. The summed E-state index contributed by atoms with van der Waals surface area (Å²) in [5.41, 5.74) is 1.90. The van der Waals surface area contributed by atoms with E-state index in [1.807, 2.05) is 0 Å². The second-order valence-electron chi connectivity index (χ2n) is 3.65. The molecule has 2 N–H and O–H groups in total. The average Bonchev–Trinajstić information content (AvgIpc) is 2.19. The van der Waals surface area contributed by atoms with Crippen LogP contribution in [0.3, 0.4) is 0 Å².